The number of pyridine rings is 1. The van der Waals surface area contributed by atoms with Gasteiger partial charge in [0, 0.05) is 49.2 Å². The number of anilines is 1. The van der Waals surface area contributed by atoms with E-state index >= 15 is 0 Å². The normalized spacial score (nSPS) is 15.4. The van der Waals surface area contributed by atoms with E-state index in [0.29, 0.717) is 35.0 Å². The predicted molar refractivity (Wildman–Crippen MR) is 148 cm³/mol. The van der Waals surface area contributed by atoms with E-state index in [1.54, 1.807) is 47.4 Å². The van der Waals surface area contributed by atoms with E-state index in [1.165, 1.54) is 12.1 Å². The molecule has 0 radical (unpaired) electrons. The number of nitrogens with zero attached hydrogens (tertiary/aromatic N) is 7. The van der Waals surface area contributed by atoms with Crippen LogP contribution in [0.3, 0.4) is 0 Å². The van der Waals surface area contributed by atoms with E-state index in [-0.39, 0.29) is 23.9 Å². The number of likely N-dealkylation sites (tertiary alicyclic amines) is 1. The SMILES string of the molecule is C[C@@H](O)CN1CCC(n2cnc(-c3ccc(F)cc3)c2-c2ccc3nc(NC(=O)c4ccncc4)cn3n2)CC1. The van der Waals surface area contributed by atoms with Crippen LogP contribution in [0.15, 0.2) is 73.4 Å². The van der Waals surface area contributed by atoms with Crippen molar-refractivity contribution in [2.45, 2.75) is 31.9 Å². The van der Waals surface area contributed by atoms with Crippen LogP contribution in [-0.2, 0) is 0 Å². The number of rotatable bonds is 7. The van der Waals surface area contributed by atoms with Crippen molar-refractivity contribution in [3.05, 3.63) is 84.8 Å². The highest BCUT2D eigenvalue weighted by molar-refractivity contribution is 6.03. The fraction of sp³-hybridized carbons (Fsp3) is 0.276. The third kappa shape index (κ3) is 5.33. The van der Waals surface area contributed by atoms with Gasteiger partial charge in [-0.3, -0.25) is 9.78 Å². The van der Waals surface area contributed by atoms with Crippen LogP contribution in [0.5, 0.6) is 0 Å². The van der Waals surface area contributed by atoms with Crippen LogP contribution >= 0.6 is 0 Å². The second kappa shape index (κ2) is 10.9. The number of carbonyl (C=O) groups excluding carboxylic acids is 1. The minimum Gasteiger partial charge on any atom is -0.392 e. The van der Waals surface area contributed by atoms with Gasteiger partial charge >= 0.3 is 0 Å². The molecule has 11 heteroatoms. The second-order valence-electron chi connectivity index (χ2n) is 10.1. The molecule has 10 nitrogen and oxygen atoms in total. The maximum atomic E-state index is 13.7. The molecule has 1 saturated heterocycles. The zero-order chi connectivity index (χ0) is 27.6. The van der Waals surface area contributed by atoms with Crippen molar-refractivity contribution in [3.8, 4) is 22.6 Å². The van der Waals surface area contributed by atoms with Gasteiger partial charge in [0.1, 0.15) is 11.5 Å². The number of amides is 1. The van der Waals surface area contributed by atoms with E-state index < -0.39 is 0 Å². The Bertz CT molecular complexity index is 1620. The van der Waals surface area contributed by atoms with Crippen molar-refractivity contribution in [2.75, 3.05) is 25.0 Å². The Morgan fingerprint density at radius 1 is 1.10 bits per heavy atom. The summed E-state index contributed by atoms with van der Waals surface area (Å²) in [5, 5.41) is 17.5. The molecule has 0 bridgehead atoms. The van der Waals surface area contributed by atoms with Crippen LogP contribution in [-0.4, -0.2) is 70.8 Å². The van der Waals surface area contributed by atoms with Gasteiger partial charge < -0.3 is 19.9 Å². The molecule has 1 aliphatic heterocycles. The van der Waals surface area contributed by atoms with Crippen LogP contribution in [0.4, 0.5) is 10.2 Å². The maximum Gasteiger partial charge on any atom is 0.256 e. The number of aliphatic hydroxyl groups excluding tert-OH is 1. The average Bonchev–Trinajstić information content (AvgIpc) is 3.58. The summed E-state index contributed by atoms with van der Waals surface area (Å²) in [5.74, 6) is -0.219. The van der Waals surface area contributed by atoms with E-state index in [2.05, 4.69) is 24.8 Å². The number of halogens is 1. The van der Waals surface area contributed by atoms with E-state index in [1.807, 2.05) is 25.4 Å². The molecule has 0 aliphatic carbocycles. The number of hydrogen-bond donors (Lipinski definition) is 2. The number of fused-ring (bicyclic) bond motifs is 1. The smallest absolute Gasteiger partial charge is 0.256 e. The Labute approximate surface area is 230 Å². The van der Waals surface area contributed by atoms with Gasteiger partial charge in [-0.05, 0) is 68.3 Å². The van der Waals surface area contributed by atoms with Crippen LogP contribution in [0.1, 0.15) is 36.2 Å². The summed E-state index contributed by atoms with van der Waals surface area (Å²) in [4.78, 5) is 28.1. The predicted octanol–water partition coefficient (Wildman–Crippen LogP) is 4.06. The number of nitrogens with one attached hydrogen (secondary N) is 1. The van der Waals surface area contributed by atoms with Gasteiger partial charge in [0.25, 0.3) is 5.91 Å². The summed E-state index contributed by atoms with van der Waals surface area (Å²) in [6.07, 6.45) is 8.07. The second-order valence-corrected chi connectivity index (χ2v) is 10.1. The molecule has 1 aromatic carbocycles. The maximum absolute atomic E-state index is 13.7. The molecule has 5 heterocycles. The Morgan fingerprint density at radius 2 is 1.85 bits per heavy atom. The summed E-state index contributed by atoms with van der Waals surface area (Å²) >= 11 is 0. The quantitative estimate of drug-likeness (QED) is 0.320. The lowest BCUT2D eigenvalue weighted by atomic mass is 10.0. The Hall–Kier alpha value is -4.48. The zero-order valence-corrected chi connectivity index (χ0v) is 22.0. The Balaban J connectivity index is 1.34. The van der Waals surface area contributed by atoms with E-state index in [4.69, 9.17) is 10.1 Å². The van der Waals surface area contributed by atoms with Crippen molar-refractivity contribution in [2.24, 2.45) is 0 Å². The first kappa shape index (κ1) is 25.8. The van der Waals surface area contributed by atoms with Gasteiger partial charge in [0.15, 0.2) is 11.5 Å². The zero-order valence-electron chi connectivity index (χ0n) is 22.0. The molecule has 4 aromatic heterocycles. The number of aliphatic hydroxyl groups is 1. The topological polar surface area (TPSA) is 113 Å². The average molecular weight is 541 g/mol. The molecule has 204 valence electrons. The molecule has 1 atom stereocenters. The molecule has 0 saturated carbocycles. The fourth-order valence-corrected chi connectivity index (χ4v) is 5.22. The van der Waals surface area contributed by atoms with Gasteiger partial charge in [-0.25, -0.2) is 18.9 Å². The first-order valence-electron chi connectivity index (χ1n) is 13.3. The molecule has 0 unspecified atom stereocenters. The van der Waals surface area contributed by atoms with Gasteiger partial charge in [-0.2, -0.15) is 5.10 Å². The number of imidazole rings is 2. The summed E-state index contributed by atoms with van der Waals surface area (Å²) in [5.41, 5.74) is 4.07. The molecular formula is C29H29FN8O2. The molecule has 1 aliphatic rings. The Kier molecular flexibility index (Phi) is 7.06. The van der Waals surface area contributed by atoms with Crippen LogP contribution < -0.4 is 5.32 Å². The largest absolute Gasteiger partial charge is 0.392 e. The molecule has 2 N–H and O–H groups in total. The monoisotopic (exact) mass is 540 g/mol. The van der Waals surface area contributed by atoms with E-state index in [9.17, 15) is 14.3 Å². The minimum atomic E-state index is -0.365. The summed E-state index contributed by atoms with van der Waals surface area (Å²) in [6.45, 7) is 4.20. The molecular weight excluding hydrogens is 511 g/mol. The summed E-state index contributed by atoms with van der Waals surface area (Å²) < 4.78 is 17.5. The molecule has 5 aromatic rings. The number of hydrogen-bond acceptors (Lipinski definition) is 7. The number of benzene rings is 1. The third-order valence-electron chi connectivity index (χ3n) is 7.13. The standard InChI is InChI=1S/C29H29FN8O2/c1-19(39)16-36-14-10-23(11-15-36)37-18-32-27(20-2-4-22(30)5-3-20)28(37)24-6-7-26-33-25(17-38(26)35-24)34-29(40)21-8-12-31-13-9-21/h2-9,12-13,17-19,23,39H,10-11,14-16H2,1H3,(H,34,40)/t19-/m1/s1. The van der Waals surface area contributed by atoms with Crippen molar-refractivity contribution < 1.29 is 14.3 Å². The van der Waals surface area contributed by atoms with Crippen molar-refractivity contribution in [1.82, 2.24) is 34.0 Å². The number of aromatic nitrogens is 6. The lowest BCUT2D eigenvalue weighted by Crippen LogP contribution is -2.38. The molecule has 1 fully saturated rings. The van der Waals surface area contributed by atoms with Gasteiger partial charge in [-0.1, -0.05) is 0 Å². The van der Waals surface area contributed by atoms with E-state index in [0.717, 1.165) is 37.2 Å². The highest BCUT2D eigenvalue weighted by Gasteiger charge is 2.26. The number of β-amino-alcohol motifs (C(OH)–C–C–N with tert-alkyl or cyclic N) is 1. The van der Waals surface area contributed by atoms with Crippen LogP contribution in [0.25, 0.3) is 28.3 Å². The highest BCUT2D eigenvalue weighted by Crippen LogP contribution is 2.35. The fourth-order valence-electron chi connectivity index (χ4n) is 5.22. The number of carbonyl (C=O) groups is 1. The molecule has 1 amide bonds. The van der Waals surface area contributed by atoms with Gasteiger partial charge in [0.2, 0.25) is 0 Å². The highest BCUT2D eigenvalue weighted by atomic mass is 19.1. The van der Waals surface area contributed by atoms with Crippen LogP contribution in [0, 0.1) is 5.82 Å². The molecule has 6 rings (SSSR count). The number of piperidine rings is 1. The minimum absolute atomic E-state index is 0.192. The van der Waals surface area contributed by atoms with Crippen molar-refractivity contribution >= 4 is 17.4 Å². The summed E-state index contributed by atoms with van der Waals surface area (Å²) in [7, 11) is 0. The summed E-state index contributed by atoms with van der Waals surface area (Å²) in [6, 6.07) is 13.5. The first-order chi connectivity index (χ1) is 19.4. The van der Waals surface area contributed by atoms with Crippen molar-refractivity contribution in [1.29, 1.82) is 0 Å². The Morgan fingerprint density at radius 3 is 2.58 bits per heavy atom. The van der Waals surface area contributed by atoms with Crippen molar-refractivity contribution in [3.63, 3.8) is 0 Å². The first-order valence-corrected chi connectivity index (χ1v) is 13.3. The van der Waals surface area contributed by atoms with Crippen LogP contribution in [0.2, 0.25) is 0 Å². The van der Waals surface area contributed by atoms with Gasteiger partial charge in [0.05, 0.1) is 30.0 Å². The molecule has 0 spiro atoms. The molecule has 40 heavy (non-hydrogen) atoms. The third-order valence-corrected chi connectivity index (χ3v) is 7.13. The lowest BCUT2D eigenvalue weighted by Gasteiger charge is -2.33. The lowest BCUT2D eigenvalue weighted by molar-refractivity contribution is 0.101. The van der Waals surface area contributed by atoms with Gasteiger partial charge in [-0.15, -0.1) is 0 Å².